The molecule has 1 heterocycles. The van der Waals surface area contributed by atoms with E-state index in [4.69, 9.17) is 4.74 Å². The Morgan fingerprint density at radius 1 is 1.15 bits per heavy atom. The molecule has 4 rings (SSSR count). The summed E-state index contributed by atoms with van der Waals surface area (Å²) in [4.78, 5) is 11.8. The minimum Gasteiger partial charge on any atom is -0.494 e. The monoisotopic (exact) mass is 474 g/mol. The van der Waals surface area contributed by atoms with Crippen molar-refractivity contribution in [1.29, 1.82) is 0 Å². The van der Waals surface area contributed by atoms with Crippen LogP contribution in [0.4, 0.5) is 4.39 Å². The number of hydrogen-bond donors (Lipinski definition) is 0. The van der Waals surface area contributed by atoms with Crippen molar-refractivity contribution in [3.05, 3.63) is 69.9 Å². The van der Waals surface area contributed by atoms with Gasteiger partial charge in [-0.3, -0.25) is 5.01 Å². The second-order valence-electron chi connectivity index (χ2n) is 9.13. The SMILES string of the molecule is CCCS(=O)(=O)CCCOc1ccc2c(c1)C(C1(c3ccc(F)cc3)CCC1)N(N=O)CC2. The lowest BCUT2D eigenvalue weighted by atomic mass is 9.57. The molecule has 6 nitrogen and oxygen atoms in total. The zero-order valence-corrected chi connectivity index (χ0v) is 19.8. The molecule has 2 aromatic carbocycles. The fourth-order valence-electron chi connectivity index (χ4n) is 5.28. The molecule has 0 aromatic heterocycles. The molecule has 1 saturated carbocycles. The van der Waals surface area contributed by atoms with Crippen LogP contribution in [0, 0.1) is 10.7 Å². The third kappa shape index (κ3) is 4.90. The maximum atomic E-state index is 13.6. The summed E-state index contributed by atoms with van der Waals surface area (Å²) in [7, 11) is -3.03. The zero-order chi connectivity index (χ0) is 23.5. The van der Waals surface area contributed by atoms with Crippen molar-refractivity contribution in [2.75, 3.05) is 24.7 Å². The van der Waals surface area contributed by atoms with Crippen LogP contribution in [0.5, 0.6) is 5.75 Å². The van der Waals surface area contributed by atoms with E-state index in [1.807, 2.05) is 37.3 Å². The van der Waals surface area contributed by atoms with Gasteiger partial charge in [0.25, 0.3) is 0 Å². The van der Waals surface area contributed by atoms with Crippen LogP contribution in [-0.4, -0.2) is 38.1 Å². The minimum atomic E-state index is -3.03. The summed E-state index contributed by atoms with van der Waals surface area (Å²) < 4.78 is 43.4. The van der Waals surface area contributed by atoms with E-state index in [1.54, 1.807) is 5.01 Å². The standard InChI is InChI=1S/C25H31FN2O4S/c1-2-16-33(30,31)17-4-15-32-22-10-5-19-11-14-28(27-29)24(23(19)18-22)25(12-3-13-25)20-6-8-21(26)9-7-20/h5-10,18,24H,2-4,11-17H2,1H3. The molecule has 1 fully saturated rings. The van der Waals surface area contributed by atoms with Gasteiger partial charge in [-0.15, -0.1) is 4.91 Å². The van der Waals surface area contributed by atoms with Gasteiger partial charge in [0.15, 0.2) is 0 Å². The van der Waals surface area contributed by atoms with Crippen LogP contribution in [0.1, 0.15) is 61.8 Å². The van der Waals surface area contributed by atoms with Crippen LogP contribution < -0.4 is 4.74 Å². The molecule has 1 aliphatic carbocycles. The lowest BCUT2D eigenvalue weighted by molar-refractivity contribution is 0.0530. The van der Waals surface area contributed by atoms with Gasteiger partial charge in [0.1, 0.15) is 21.4 Å². The number of halogens is 1. The van der Waals surface area contributed by atoms with Gasteiger partial charge in [-0.2, -0.15) is 0 Å². The van der Waals surface area contributed by atoms with Gasteiger partial charge in [-0.25, -0.2) is 12.8 Å². The molecule has 33 heavy (non-hydrogen) atoms. The van der Waals surface area contributed by atoms with E-state index in [9.17, 15) is 17.7 Å². The number of benzene rings is 2. The Hall–Kier alpha value is -2.48. The van der Waals surface area contributed by atoms with Crippen LogP contribution in [-0.2, 0) is 21.7 Å². The normalized spacial score (nSPS) is 19.5. The molecule has 0 N–H and O–H groups in total. The zero-order valence-electron chi connectivity index (χ0n) is 19.0. The predicted octanol–water partition coefficient (Wildman–Crippen LogP) is 5.12. The van der Waals surface area contributed by atoms with Gasteiger partial charge in [0.05, 0.1) is 23.7 Å². The fraction of sp³-hybridized carbons (Fsp3) is 0.520. The second kappa shape index (κ2) is 9.79. The Morgan fingerprint density at radius 3 is 2.55 bits per heavy atom. The van der Waals surface area contributed by atoms with Crippen molar-refractivity contribution >= 4 is 9.84 Å². The Bertz CT molecular complexity index is 1080. The third-order valence-corrected chi connectivity index (χ3v) is 8.94. The van der Waals surface area contributed by atoms with Crippen LogP contribution in [0.3, 0.4) is 0 Å². The van der Waals surface area contributed by atoms with Crippen LogP contribution in [0.15, 0.2) is 47.8 Å². The van der Waals surface area contributed by atoms with E-state index in [2.05, 4.69) is 5.29 Å². The highest BCUT2D eigenvalue weighted by Crippen LogP contribution is 2.56. The second-order valence-corrected chi connectivity index (χ2v) is 11.4. The highest BCUT2D eigenvalue weighted by Gasteiger charge is 2.51. The molecule has 1 aliphatic heterocycles. The first-order valence-corrected chi connectivity index (χ1v) is 13.5. The first kappa shape index (κ1) is 23.7. The van der Waals surface area contributed by atoms with Gasteiger partial charge >= 0.3 is 0 Å². The lowest BCUT2D eigenvalue weighted by Crippen LogP contribution is -2.49. The first-order valence-electron chi connectivity index (χ1n) is 11.7. The molecule has 1 unspecified atom stereocenters. The summed E-state index contributed by atoms with van der Waals surface area (Å²) in [6.45, 7) is 2.71. The summed E-state index contributed by atoms with van der Waals surface area (Å²) in [5, 5.41) is 5.00. The number of fused-ring (bicyclic) bond motifs is 1. The molecule has 0 amide bonds. The molecule has 0 saturated heterocycles. The van der Waals surface area contributed by atoms with Crippen LogP contribution in [0.2, 0.25) is 0 Å². The van der Waals surface area contributed by atoms with Crippen molar-refractivity contribution in [1.82, 2.24) is 5.01 Å². The molecule has 0 spiro atoms. The molecule has 2 aliphatic rings. The topological polar surface area (TPSA) is 76.0 Å². The van der Waals surface area contributed by atoms with Gasteiger partial charge in [-0.1, -0.05) is 31.5 Å². The molecule has 0 radical (unpaired) electrons. The number of sulfone groups is 1. The van der Waals surface area contributed by atoms with Crippen molar-refractivity contribution in [3.8, 4) is 5.75 Å². The van der Waals surface area contributed by atoms with Gasteiger partial charge in [0.2, 0.25) is 0 Å². The first-order chi connectivity index (χ1) is 15.9. The van der Waals surface area contributed by atoms with Crippen molar-refractivity contribution in [2.24, 2.45) is 5.29 Å². The van der Waals surface area contributed by atoms with E-state index in [0.717, 1.165) is 36.0 Å². The smallest absolute Gasteiger partial charge is 0.150 e. The van der Waals surface area contributed by atoms with E-state index in [0.29, 0.717) is 38.2 Å². The van der Waals surface area contributed by atoms with Crippen molar-refractivity contribution in [3.63, 3.8) is 0 Å². The molecular formula is C25H31FN2O4S. The molecule has 8 heteroatoms. The van der Waals surface area contributed by atoms with Gasteiger partial charge in [0, 0.05) is 17.7 Å². The molecular weight excluding hydrogens is 443 g/mol. The molecule has 2 aromatic rings. The van der Waals surface area contributed by atoms with Crippen molar-refractivity contribution < 1.29 is 17.5 Å². The average molecular weight is 475 g/mol. The van der Waals surface area contributed by atoms with Gasteiger partial charge in [-0.05, 0) is 73.1 Å². The maximum absolute atomic E-state index is 13.6. The summed E-state index contributed by atoms with van der Waals surface area (Å²) in [6.07, 6.45) is 4.60. The quantitative estimate of drug-likeness (QED) is 0.353. The van der Waals surface area contributed by atoms with E-state index in [-0.39, 0.29) is 28.8 Å². The van der Waals surface area contributed by atoms with Crippen molar-refractivity contribution in [2.45, 2.75) is 56.9 Å². The van der Waals surface area contributed by atoms with Crippen LogP contribution >= 0.6 is 0 Å². The number of nitrogens with zero attached hydrogens (tertiary/aromatic N) is 2. The number of nitroso groups, excluding NO2 is 1. The van der Waals surface area contributed by atoms with Crippen LogP contribution in [0.25, 0.3) is 0 Å². The van der Waals surface area contributed by atoms with E-state index >= 15 is 0 Å². The highest BCUT2D eigenvalue weighted by molar-refractivity contribution is 7.91. The molecule has 1 atom stereocenters. The minimum absolute atomic E-state index is 0.116. The Kier molecular flexibility index (Phi) is 7.02. The Labute approximate surface area is 195 Å². The summed E-state index contributed by atoms with van der Waals surface area (Å²) in [5.74, 6) is 0.700. The maximum Gasteiger partial charge on any atom is 0.150 e. The van der Waals surface area contributed by atoms with E-state index < -0.39 is 9.84 Å². The highest BCUT2D eigenvalue weighted by atomic mass is 32.2. The summed E-state index contributed by atoms with van der Waals surface area (Å²) in [5.41, 5.74) is 2.89. The average Bonchev–Trinajstić information content (AvgIpc) is 2.77. The number of hydrogen-bond acceptors (Lipinski definition) is 5. The predicted molar refractivity (Wildman–Crippen MR) is 126 cm³/mol. The molecule has 178 valence electrons. The Morgan fingerprint density at radius 2 is 1.91 bits per heavy atom. The lowest BCUT2D eigenvalue weighted by Gasteiger charge is -2.52. The fourth-order valence-corrected chi connectivity index (χ4v) is 6.67. The third-order valence-electron chi connectivity index (χ3n) is 7.00. The molecule has 0 bridgehead atoms. The number of rotatable bonds is 10. The van der Waals surface area contributed by atoms with E-state index in [1.165, 1.54) is 12.1 Å². The summed E-state index contributed by atoms with van der Waals surface area (Å²) in [6, 6.07) is 12.3. The number of ether oxygens (including phenoxy) is 1. The summed E-state index contributed by atoms with van der Waals surface area (Å²) >= 11 is 0. The largest absolute Gasteiger partial charge is 0.494 e. The Balaban J connectivity index is 1.58. The van der Waals surface area contributed by atoms with Gasteiger partial charge < -0.3 is 4.74 Å².